The topological polar surface area (TPSA) is 65.5 Å². The van der Waals surface area contributed by atoms with Gasteiger partial charge in [0.25, 0.3) is 0 Å². The fourth-order valence-electron chi connectivity index (χ4n) is 4.70. The van der Waals surface area contributed by atoms with Crippen molar-refractivity contribution in [3.05, 3.63) is 54.5 Å². The van der Waals surface area contributed by atoms with Crippen molar-refractivity contribution in [1.29, 1.82) is 0 Å². The highest BCUT2D eigenvalue weighted by Gasteiger charge is 2.31. The molecule has 7 nitrogen and oxygen atoms in total. The molecule has 0 radical (unpaired) electrons. The molecule has 2 fully saturated rings. The first-order valence-electron chi connectivity index (χ1n) is 11.1. The molecule has 4 heterocycles. The first-order valence-corrected chi connectivity index (χ1v) is 11.1. The van der Waals surface area contributed by atoms with E-state index in [0.29, 0.717) is 11.6 Å². The molecule has 3 aromatic rings. The molecule has 31 heavy (non-hydrogen) atoms. The summed E-state index contributed by atoms with van der Waals surface area (Å²) < 4.78 is 0. The van der Waals surface area contributed by atoms with E-state index < -0.39 is 0 Å². The van der Waals surface area contributed by atoms with E-state index in [4.69, 9.17) is 0 Å². The predicted octanol–water partition coefficient (Wildman–Crippen LogP) is 2.90. The van der Waals surface area contributed by atoms with Gasteiger partial charge in [-0.25, -0.2) is 9.97 Å². The van der Waals surface area contributed by atoms with Crippen molar-refractivity contribution in [1.82, 2.24) is 19.9 Å². The summed E-state index contributed by atoms with van der Waals surface area (Å²) in [7, 11) is 0. The average Bonchev–Trinajstić information content (AvgIpc) is 2.83. The lowest BCUT2D eigenvalue weighted by atomic mass is 9.95. The van der Waals surface area contributed by atoms with Crippen LogP contribution in [0, 0.1) is 12.8 Å². The molecule has 2 aliphatic rings. The fraction of sp³-hybridized carbons (Fsp3) is 0.417. The molecule has 1 aromatic carbocycles. The number of carbonyl (C=O) groups is 1. The van der Waals surface area contributed by atoms with Crippen LogP contribution in [0.2, 0.25) is 0 Å². The molecule has 2 aromatic heterocycles. The van der Waals surface area contributed by atoms with Crippen LogP contribution in [0.15, 0.2) is 48.9 Å². The number of nitrogens with zero attached hydrogens (tertiary/aromatic N) is 6. The van der Waals surface area contributed by atoms with Crippen LogP contribution in [-0.4, -0.2) is 65.0 Å². The van der Waals surface area contributed by atoms with Gasteiger partial charge < -0.3 is 14.7 Å². The monoisotopic (exact) mass is 416 g/mol. The van der Waals surface area contributed by atoms with Crippen molar-refractivity contribution in [2.45, 2.75) is 19.8 Å². The number of anilines is 2. The lowest BCUT2D eigenvalue weighted by Gasteiger charge is -2.40. The Bertz CT molecular complexity index is 1080. The highest BCUT2D eigenvalue weighted by molar-refractivity contribution is 5.80. The Hall–Kier alpha value is -3.22. The molecule has 0 bridgehead atoms. The van der Waals surface area contributed by atoms with Crippen LogP contribution in [0.5, 0.6) is 0 Å². The van der Waals surface area contributed by atoms with Crippen LogP contribution in [0.4, 0.5) is 11.4 Å². The van der Waals surface area contributed by atoms with E-state index in [-0.39, 0.29) is 5.92 Å². The molecular weight excluding hydrogens is 388 g/mol. The van der Waals surface area contributed by atoms with Gasteiger partial charge in [-0.3, -0.25) is 9.78 Å². The number of rotatable bonds is 3. The van der Waals surface area contributed by atoms with Crippen LogP contribution >= 0.6 is 0 Å². The van der Waals surface area contributed by atoms with Crippen LogP contribution in [0.1, 0.15) is 18.4 Å². The van der Waals surface area contributed by atoms with Crippen LogP contribution in [-0.2, 0) is 4.79 Å². The largest absolute Gasteiger partial charge is 0.369 e. The zero-order chi connectivity index (χ0) is 21.2. The quantitative estimate of drug-likeness (QED) is 0.654. The number of fused-ring (bicyclic) bond motifs is 1. The molecule has 2 aliphatic heterocycles. The third-order valence-corrected chi connectivity index (χ3v) is 6.40. The van der Waals surface area contributed by atoms with Gasteiger partial charge in [-0.1, -0.05) is 12.1 Å². The molecule has 0 aliphatic carbocycles. The Morgan fingerprint density at radius 2 is 1.77 bits per heavy atom. The van der Waals surface area contributed by atoms with Gasteiger partial charge in [0, 0.05) is 57.3 Å². The van der Waals surface area contributed by atoms with Gasteiger partial charge in [-0.2, -0.15) is 0 Å². The summed E-state index contributed by atoms with van der Waals surface area (Å²) >= 11 is 0. The van der Waals surface area contributed by atoms with Crippen molar-refractivity contribution < 1.29 is 4.79 Å². The van der Waals surface area contributed by atoms with E-state index in [1.54, 1.807) is 12.4 Å². The van der Waals surface area contributed by atoms with Gasteiger partial charge in [0.1, 0.15) is 5.52 Å². The van der Waals surface area contributed by atoms with Gasteiger partial charge in [-0.05, 0) is 43.5 Å². The number of hydrogen-bond acceptors (Lipinski definition) is 6. The smallest absolute Gasteiger partial charge is 0.227 e. The van der Waals surface area contributed by atoms with Crippen molar-refractivity contribution in [2.24, 2.45) is 5.92 Å². The summed E-state index contributed by atoms with van der Waals surface area (Å²) in [6.07, 6.45) is 7.16. The van der Waals surface area contributed by atoms with E-state index in [2.05, 4.69) is 60.8 Å². The number of carbonyl (C=O) groups excluding carboxylic acids is 1. The summed E-state index contributed by atoms with van der Waals surface area (Å²) in [5, 5.41) is 0. The normalized spacial score (nSPS) is 19.6. The SMILES string of the molecule is Cc1cccc(N2CCN(C(=O)[C@@H]3CCCN(c4cnc5nccnc5c4)C3)CC2)c1. The molecule has 5 rings (SSSR count). The number of aromatic nitrogens is 3. The zero-order valence-electron chi connectivity index (χ0n) is 17.9. The van der Waals surface area contributed by atoms with E-state index >= 15 is 0 Å². The Morgan fingerprint density at radius 1 is 0.935 bits per heavy atom. The average molecular weight is 417 g/mol. The molecule has 1 amide bonds. The van der Waals surface area contributed by atoms with Crippen molar-refractivity contribution >= 4 is 28.4 Å². The second kappa shape index (κ2) is 8.49. The maximum atomic E-state index is 13.3. The van der Waals surface area contributed by atoms with Crippen molar-refractivity contribution in [3.8, 4) is 0 Å². The summed E-state index contributed by atoms with van der Waals surface area (Å²) in [4.78, 5) is 33.1. The molecule has 0 N–H and O–H groups in total. The Balaban J connectivity index is 1.22. The van der Waals surface area contributed by atoms with Gasteiger partial charge in [0.15, 0.2) is 5.65 Å². The van der Waals surface area contributed by atoms with E-state index in [1.165, 1.54) is 11.3 Å². The standard InChI is InChI=1S/C24H28N6O/c1-18-4-2-6-20(14-18)28-10-12-29(13-11-28)24(31)19-5-3-9-30(17-19)21-15-22-23(27-16-21)26-8-7-25-22/h2,4,6-8,14-16,19H,3,5,9-13,17H2,1H3/t19-/m1/s1. The Morgan fingerprint density at radius 3 is 2.61 bits per heavy atom. The number of amides is 1. The number of hydrogen-bond donors (Lipinski definition) is 0. The molecular formula is C24H28N6O. The summed E-state index contributed by atoms with van der Waals surface area (Å²) in [5.41, 5.74) is 4.99. The molecule has 0 unspecified atom stereocenters. The maximum Gasteiger partial charge on any atom is 0.227 e. The molecule has 160 valence electrons. The first kappa shape index (κ1) is 19.7. The second-order valence-corrected chi connectivity index (χ2v) is 8.53. The van der Waals surface area contributed by atoms with Crippen molar-refractivity contribution in [3.63, 3.8) is 0 Å². The van der Waals surface area contributed by atoms with Crippen LogP contribution in [0.3, 0.4) is 0 Å². The lowest BCUT2D eigenvalue weighted by Crippen LogP contribution is -2.52. The predicted molar refractivity (Wildman–Crippen MR) is 122 cm³/mol. The Kier molecular flexibility index (Phi) is 5.40. The summed E-state index contributed by atoms with van der Waals surface area (Å²) in [6, 6.07) is 10.6. The molecule has 7 heteroatoms. The first-order chi connectivity index (χ1) is 15.2. The number of aryl methyl sites for hydroxylation is 1. The van der Waals surface area contributed by atoms with Gasteiger partial charge in [-0.15, -0.1) is 0 Å². The molecule has 2 saturated heterocycles. The van der Waals surface area contributed by atoms with Crippen LogP contribution < -0.4 is 9.80 Å². The third-order valence-electron chi connectivity index (χ3n) is 6.40. The second-order valence-electron chi connectivity index (χ2n) is 8.53. The van der Waals surface area contributed by atoms with Crippen LogP contribution in [0.25, 0.3) is 11.2 Å². The number of benzene rings is 1. The van der Waals surface area contributed by atoms with Crippen molar-refractivity contribution in [2.75, 3.05) is 49.1 Å². The maximum absolute atomic E-state index is 13.3. The van der Waals surface area contributed by atoms with E-state index in [0.717, 1.165) is 63.3 Å². The zero-order valence-corrected chi connectivity index (χ0v) is 17.9. The summed E-state index contributed by atoms with van der Waals surface area (Å²) in [6.45, 7) is 7.16. The van der Waals surface area contributed by atoms with Gasteiger partial charge in [0.05, 0.1) is 17.8 Å². The van der Waals surface area contributed by atoms with E-state index in [9.17, 15) is 4.79 Å². The Labute approximate surface area is 182 Å². The van der Waals surface area contributed by atoms with E-state index in [1.807, 2.05) is 12.3 Å². The minimum absolute atomic E-state index is 0.0387. The molecule has 0 saturated carbocycles. The summed E-state index contributed by atoms with van der Waals surface area (Å²) in [5.74, 6) is 0.332. The minimum atomic E-state index is 0.0387. The molecule has 0 spiro atoms. The number of piperidine rings is 1. The highest BCUT2D eigenvalue weighted by atomic mass is 16.2. The third kappa shape index (κ3) is 4.17. The number of pyridine rings is 1. The number of piperazine rings is 1. The van der Waals surface area contributed by atoms with Gasteiger partial charge >= 0.3 is 0 Å². The fourth-order valence-corrected chi connectivity index (χ4v) is 4.70. The highest BCUT2D eigenvalue weighted by Crippen LogP contribution is 2.26. The lowest BCUT2D eigenvalue weighted by molar-refractivity contribution is -0.136. The minimum Gasteiger partial charge on any atom is -0.369 e. The van der Waals surface area contributed by atoms with Gasteiger partial charge in [0.2, 0.25) is 5.91 Å². The molecule has 1 atom stereocenters.